The molecule has 2 aromatic carbocycles. The van der Waals surface area contributed by atoms with Crippen LogP contribution in [0.2, 0.25) is 0 Å². The fourth-order valence-corrected chi connectivity index (χ4v) is 4.36. The van der Waals surface area contributed by atoms with Crippen LogP contribution in [0.3, 0.4) is 0 Å². The van der Waals surface area contributed by atoms with Gasteiger partial charge in [-0.05, 0) is 29.3 Å². The minimum absolute atomic E-state index is 0.201. The summed E-state index contributed by atoms with van der Waals surface area (Å²) < 4.78 is 3.38. The highest BCUT2D eigenvalue weighted by Gasteiger charge is 2.21. The highest BCUT2D eigenvalue weighted by molar-refractivity contribution is 5.90. The molecule has 5 rings (SSSR count). The number of piperazine rings is 1. The van der Waals surface area contributed by atoms with Crippen molar-refractivity contribution in [2.24, 2.45) is 0 Å². The number of nitrogens with one attached hydrogen (secondary N) is 1. The Labute approximate surface area is 191 Å². The standard InChI is InChI=1S/C25H23N7O/c1-2-3-12-31-23-22(29-25(31)30-13-10-27-11-14-30)16-28-32(24(23)33)17-19-9-8-18(15-26)20-6-4-5-7-21(19)20/h4-9,16,27H,10-14,17H2,1H3. The van der Waals surface area contributed by atoms with E-state index >= 15 is 0 Å². The number of hydrogen-bond donors (Lipinski definition) is 1. The number of fused-ring (bicyclic) bond motifs is 2. The molecular weight excluding hydrogens is 414 g/mol. The summed E-state index contributed by atoms with van der Waals surface area (Å²) in [5.74, 6) is 6.77. The van der Waals surface area contributed by atoms with Crippen molar-refractivity contribution in [3.8, 4) is 17.9 Å². The monoisotopic (exact) mass is 437 g/mol. The predicted molar refractivity (Wildman–Crippen MR) is 128 cm³/mol. The molecule has 164 valence electrons. The third-order valence-electron chi connectivity index (χ3n) is 6.00. The summed E-state index contributed by atoms with van der Waals surface area (Å²) in [7, 11) is 0. The molecule has 0 spiro atoms. The molecule has 3 heterocycles. The lowest BCUT2D eigenvalue weighted by molar-refractivity contribution is 0.572. The zero-order chi connectivity index (χ0) is 22.8. The first-order valence-electron chi connectivity index (χ1n) is 10.9. The molecule has 0 unspecified atom stereocenters. The summed E-state index contributed by atoms with van der Waals surface area (Å²) in [5.41, 5.74) is 2.43. The zero-order valence-electron chi connectivity index (χ0n) is 18.4. The van der Waals surface area contributed by atoms with Gasteiger partial charge in [0.2, 0.25) is 5.95 Å². The van der Waals surface area contributed by atoms with Gasteiger partial charge in [0.25, 0.3) is 5.56 Å². The van der Waals surface area contributed by atoms with Crippen molar-refractivity contribution in [1.82, 2.24) is 24.6 Å². The van der Waals surface area contributed by atoms with Crippen LogP contribution in [0.4, 0.5) is 5.95 Å². The first-order chi connectivity index (χ1) is 16.2. The summed E-state index contributed by atoms with van der Waals surface area (Å²) in [5, 5.41) is 19.0. The van der Waals surface area contributed by atoms with Gasteiger partial charge in [-0.25, -0.2) is 9.67 Å². The minimum Gasteiger partial charge on any atom is -0.340 e. The summed E-state index contributed by atoms with van der Waals surface area (Å²) in [4.78, 5) is 20.5. The largest absolute Gasteiger partial charge is 0.340 e. The van der Waals surface area contributed by atoms with Crippen molar-refractivity contribution >= 4 is 27.8 Å². The van der Waals surface area contributed by atoms with Gasteiger partial charge in [0.15, 0.2) is 0 Å². The van der Waals surface area contributed by atoms with Crippen LogP contribution in [0.15, 0.2) is 47.4 Å². The summed E-state index contributed by atoms with van der Waals surface area (Å²) in [6, 6.07) is 13.7. The normalized spacial score (nSPS) is 13.6. The number of imidazole rings is 1. The van der Waals surface area contributed by atoms with Gasteiger partial charge in [-0.15, -0.1) is 5.92 Å². The predicted octanol–water partition coefficient (Wildman–Crippen LogP) is 2.10. The lowest BCUT2D eigenvalue weighted by Crippen LogP contribution is -2.44. The lowest BCUT2D eigenvalue weighted by atomic mass is 10.00. The molecule has 0 atom stereocenters. The SMILES string of the molecule is CC#CCn1c(N2CCNCC2)nc2cnn(Cc3ccc(C#N)c4ccccc34)c(=O)c21. The summed E-state index contributed by atoms with van der Waals surface area (Å²) >= 11 is 0. The summed E-state index contributed by atoms with van der Waals surface area (Å²) in [6.07, 6.45) is 1.66. The van der Waals surface area contributed by atoms with Crippen molar-refractivity contribution in [2.75, 3.05) is 31.1 Å². The van der Waals surface area contributed by atoms with E-state index in [1.807, 2.05) is 34.9 Å². The van der Waals surface area contributed by atoms with Crippen molar-refractivity contribution in [1.29, 1.82) is 5.26 Å². The minimum atomic E-state index is -0.201. The second kappa shape index (κ2) is 8.78. The molecule has 0 radical (unpaired) electrons. The Bertz CT molecular complexity index is 1510. The third kappa shape index (κ3) is 3.71. The van der Waals surface area contributed by atoms with Crippen LogP contribution < -0.4 is 15.8 Å². The zero-order valence-corrected chi connectivity index (χ0v) is 18.4. The van der Waals surface area contributed by atoms with E-state index in [2.05, 4.69) is 33.2 Å². The number of aromatic nitrogens is 4. The Morgan fingerprint density at radius 3 is 2.67 bits per heavy atom. The first-order valence-corrected chi connectivity index (χ1v) is 10.9. The Balaban J connectivity index is 1.63. The molecule has 1 N–H and O–H groups in total. The second-order valence-electron chi connectivity index (χ2n) is 7.93. The quantitative estimate of drug-likeness (QED) is 0.492. The van der Waals surface area contributed by atoms with Gasteiger partial charge in [0.05, 0.1) is 30.9 Å². The van der Waals surface area contributed by atoms with Gasteiger partial charge >= 0.3 is 0 Å². The molecule has 0 saturated carbocycles. The smallest absolute Gasteiger partial charge is 0.293 e. The Kier molecular flexibility index (Phi) is 5.52. The molecule has 0 bridgehead atoms. The maximum atomic E-state index is 13.6. The van der Waals surface area contributed by atoms with E-state index in [4.69, 9.17) is 4.98 Å². The molecule has 1 aliphatic rings. The lowest BCUT2D eigenvalue weighted by Gasteiger charge is -2.28. The topological polar surface area (TPSA) is 91.8 Å². The molecule has 0 amide bonds. The molecule has 4 aromatic rings. The molecular formula is C25H23N7O. The maximum Gasteiger partial charge on any atom is 0.293 e. The fraction of sp³-hybridized carbons (Fsp3) is 0.280. The Hall–Kier alpha value is -4.14. The van der Waals surface area contributed by atoms with E-state index < -0.39 is 0 Å². The number of hydrogen-bond acceptors (Lipinski definition) is 6. The Morgan fingerprint density at radius 2 is 1.91 bits per heavy atom. The number of nitriles is 1. The second-order valence-corrected chi connectivity index (χ2v) is 7.93. The molecule has 1 saturated heterocycles. The van der Waals surface area contributed by atoms with Crippen LogP contribution in [0.25, 0.3) is 21.8 Å². The number of nitrogens with zero attached hydrogens (tertiary/aromatic N) is 6. The van der Waals surface area contributed by atoms with Crippen LogP contribution >= 0.6 is 0 Å². The van der Waals surface area contributed by atoms with Gasteiger partial charge in [0.1, 0.15) is 11.0 Å². The van der Waals surface area contributed by atoms with E-state index in [1.54, 1.807) is 19.2 Å². The molecule has 8 nitrogen and oxygen atoms in total. The molecule has 1 fully saturated rings. The highest BCUT2D eigenvalue weighted by Crippen LogP contribution is 2.24. The molecule has 1 aliphatic heterocycles. The molecule has 2 aromatic heterocycles. The molecule has 0 aliphatic carbocycles. The third-order valence-corrected chi connectivity index (χ3v) is 6.00. The van der Waals surface area contributed by atoms with Crippen molar-refractivity contribution < 1.29 is 0 Å². The number of rotatable bonds is 4. The van der Waals surface area contributed by atoms with Crippen molar-refractivity contribution in [3.63, 3.8) is 0 Å². The van der Waals surface area contributed by atoms with Crippen LogP contribution in [0.5, 0.6) is 0 Å². The van der Waals surface area contributed by atoms with E-state index in [0.29, 0.717) is 29.7 Å². The average Bonchev–Trinajstić information content (AvgIpc) is 3.24. The first kappa shape index (κ1) is 20.7. The van der Waals surface area contributed by atoms with Gasteiger partial charge in [-0.2, -0.15) is 10.4 Å². The maximum absolute atomic E-state index is 13.6. The van der Waals surface area contributed by atoms with Crippen LogP contribution in [0.1, 0.15) is 18.1 Å². The van der Waals surface area contributed by atoms with E-state index in [1.165, 1.54) is 4.68 Å². The van der Waals surface area contributed by atoms with Gasteiger partial charge in [0, 0.05) is 26.2 Å². The number of anilines is 1. The van der Waals surface area contributed by atoms with E-state index in [9.17, 15) is 10.1 Å². The highest BCUT2D eigenvalue weighted by atomic mass is 16.1. The fourth-order valence-electron chi connectivity index (χ4n) is 4.36. The van der Waals surface area contributed by atoms with Crippen molar-refractivity contribution in [2.45, 2.75) is 20.0 Å². The van der Waals surface area contributed by atoms with E-state index in [0.717, 1.165) is 48.5 Å². The number of benzene rings is 2. The summed E-state index contributed by atoms with van der Waals surface area (Å²) in [6.45, 7) is 5.87. The van der Waals surface area contributed by atoms with Crippen LogP contribution in [-0.2, 0) is 13.1 Å². The van der Waals surface area contributed by atoms with Gasteiger partial charge < -0.3 is 10.2 Å². The molecule has 33 heavy (non-hydrogen) atoms. The van der Waals surface area contributed by atoms with E-state index in [-0.39, 0.29) is 5.56 Å². The van der Waals surface area contributed by atoms with Crippen LogP contribution in [-0.4, -0.2) is 45.5 Å². The van der Waals surface area contributed by atoms with Crippen LogP contribution in [0, 0.1) is 23.2 Å². The van der Waals surface area contributed by atoms with Crippen molar-refractivity contribution in [3.05, 3.63) is 64.1 Å². The van der Waals surface area contributed by atoms with Gasteiger partial charge in [-0.3, -0.25) is 9.36 Å². The Morgan fingerprint density at radius 1 is 1.12 bits per heavy atom. The molecule has 8 heteroatoms. The van der Waals surface area contributed by atoms with Gasteiger partial charge in [-0.1, -0.05) is 36.3 Å². The average molecular weight is 438 g/mol.